The Balaban J connectivity index is 1.19. The molecule has 0 amide bonds. The third-order valence-corrected chi connectivity index (χ3v) is 13.4. The number of para-hydroxylation sites is 4. The summed E-state index contributed by atoms with van der Waals surface area (Å²) in [5, 5.41) is 26.6. The van der Waals surface area contributed by atoms with E-state index in [-0.39, 0.29) is 0 Å². The first-order valence-electron chi connectivity index (χ1n) is 21.9. The third kappa shape index (κ3) is 4.95. The van der Waals surface area contributed by atoms with Gasteiger partial charge in [-0.15, -0.1) is 0 Å². The highest BCUT2D eigenvalue weighted by Crippen LogP contribution is 2.43. The van der Waals surface area contributed by atoms with Crippen molar-refractivity contribution in [1.29, 1.82) is 10.5 Å². The van der Waals surface area contributed by atoms with Gasteiger partial charge in [0.1, 0.15) is 11.3 Å². The van der Waals surface area contributed by atoms with Crippen molar-refractivity contribution >= 4 is 98.8 Å². The molecule has 66 heavy (non-hydrogen) atoms. The zero-order valence-corrected chi connectivity index (χ0v) is 35.1. The molecule has 0 saturated carbocycles. The SMILES string of the molecule is N#Cc1ccc2nc3c4ccccc4n4c5cc(C#N)ccc5nc4c4c5c6cc(-c7ccc8c(c7)c7ccccc7n8-c7ccccc7)ccc6n(-c6ccccc6)c5ccc4n3c2c1. The topological polar surface area (TPSA) is 92.0 Å². The van der Waals surface area contributed by atoms with Crippen LogP contribution in [0.2, 0.25) is 0 Å². The molecule has 0 fully saturated rings. The summed E-state index contributed by atoms with van der Waals surface area (Å²) in [6.45, 7) is 0. The number of nitrogens with zero attached hydrogens (tertiary/aromatic N) is 8. The van der Waals surface area contributed by atoms with Gasteiger partial charge in [0.05, 0.1) is 83.8 Å². The van der Waals surface area contributed by atoms with Crippen LogP contribution in [-0.4, -0.2) is 27.9 Å². The van der Waals surface area contributed by atoms with Crippen molar-refractivity contribution in [2.75, 3.05) is 0 Å². The van der Waals surface area contributed by atoms with Crippen LogP contribution in [0.15, 0.2) is 194 Å². The largest absolute Gasteiger partial charge is 0.309 e. The Morgan fingerprint density at radius 2 is 0.818 bits per heavy atom. The lowest BCUT2D eigenvalue weighted by molar-refractivity contribution is 1.18. The van der Waals surface area contributed by atoms with Crippen molar-refractivity contribution in [2.24, 2.45) is 0 Å². The highest BCUT2D eigenvalue weighted by Gasteiger charge is 2.23. The molecule has 0 spiro atoms. The van der Waals surface area contributed by atoms with Crippen molar-refractivity contribution in [3.63, 3.8) is 0 Å². The standard InChI is InChI=1S/C58H32N8/c59-33-35-20-24-46-53(29-35)65-48-18-10-8-16-42(48)57-61-45-23-19-36(34-60)30-54(45)66(57)52-28-27-51-55(56(52)58(65)62-46)44-32-38(22-26-50(44)64(51)40-13-5-2-6-14-40)37-21-25-49-43(31-37)41-15-7-9-17-47(41)63(49)39-11-3-1-4-12-39/h1-32H. The van der Waals surface area contributed by atoms with Gasteiger partial charge in [0.15, 0.2) is 0 Å². The number of hydrogen-bond acceptors (Lipinski definition) is 4. The van der Waals surface area contributed by atoms with Gasteiger partial charge in [0.2, 0.25) is 0 Å². The van der Waals surface area contributed by atoms with Gasteiger partial charge >= 0.3 is 0 Å². The van der Waals surface area contributed by atoms with E-state index >= 15 is 0 Å². The minimum absolute atomic E-state index is 0.550. The van der Waals surface area contributed by atoms with E-state index in [0.717, 1.165) is 111 Å². The average Bonchev–Trinajstić information content (AvgIpc) is 4.13. The molecule has 0 aliphatic heterocycles. The Labute approximate surface area is 375 Å². The maximum atomic E-state index is 10.2. The van der Waals surface area contributed by atoms with E-state index in [4.69, 9.17) is 9.97 Å². The van der Waals surface area contributed by atoms with Gasteiger partial charge in [-0.1, -0.05) is 78.9 Å². The quantitative estimate of drug-likeness (QED) is 0.177. The molecule has 14 aromatic rings. The molecule has 0 aliphatic carbocycles. The molecule has 8 heteroatoms. The predicted octanol–water partition coefficient (Wildman–Crippen LogP) is 13.8. The summed E-state index contributed by atoms with van der Waals surface area (Å²) in [5.74, 6) is 0. The first-order chi connectivity index (χ1) is 32.6. The van der Waals surface area contributed by atoms with Gasteiger partial charge in [-0.3, -0.25) is 8.80 Å². The number of imidazole rings is 2. The molecular weight excluding hydrogens is 809 g/mol. The number of hydrogen-bond donors (Lipinski definition) is 0. The monoisotopic (exact) mass is 840 g/mol. The molecule has 5 heterocycles. The summed E-state index contributed by atoms with van der Waals surface area (Å²) in [7, 11) is 0. The van der Waals surface area contributed by atoms with Crippen LogP contribution < -0.4 is 0 Å². The fourth-order valence-electron chi connectivity index (χ4n) is 10.5. The molecule has 9 aromatic carbocycles. The molecular formula is C58H32N8. The first kappa shape index (κ1) is 36.0. The Kier molecular flexibility index (Phi) is 7.37. The van der Waals surface area contributed by atoms with Crippen molar-refractivity contribution in [3.8, 4) is 34.6 Å². The van der Waals surface area contributed by atoms with Crippen molar-refractivity contribution < 1.29 is 0 Å². The Hall–Kier alpha value is -9.50. The molecule has 0 N–H and O–H groups in total. The van der Waals surface area contributed by atoms with Crippen LogP contribution in [0.1, 0.15) is 11.1 Å². The molecule has 0 saturated heterocycles. The van der Waals surface area contributed by atoms with E-state index < -0.39 is 0 Å². The van der Waals surface area contributed by atoms with Crippen molar-refractivity contribution in [1.82, 2.24) is 27.9 Å². The zero-order valence-electron chi connectivity index (χ0n) is 35.1. The van der Waals surface area contributed by atoms with Gasteiger partial charge in [0, 0.05) is 38.3 Å². The fraction of sp³-hybridized carbons (Fsp3) is 0. The van der Waals surface area contributed by atoms with E-state index in [1.165, 1.54) is 10.8 Å². The second-order valence-corrected chi connectivity index (χ2v) is 16.9. The number of rotatable bonds is 3. The Morgan fingerprint density at radius 3 is 1.47 bits per heavy atom. The van der Waals surface area contributed by atoms with E-state index in [0.29, 0.717) is 11.1 Å². The Morgan fingerprint density at radius 1 is 0.333 bits per heavy atom. The molecule has 0 unspecified atom stereocenters. The van der Waals surface area contributed by atoms with Crippen LogP contribution in [0.5, 0.6) is 0 Å². The molecule has 0 aliphatic rings. The van der Waals surface area contributed by atoms with Gasteiger partial charge < -0.3 is 9.13 Å². The summed E-state index contributed by atoms with van der Waals surface area (Å²) < 4.78 is 9.11. The minimum Gasteiger partial charge on any atom is -0.309 e. The predicted molar refractivity (Wildman–Crippen MR) is 266 cm³/mol. The minimum atomic E-state index is 0.550. The Bertz CT molecular complexity index is 4510. The molecule has 8 nitrogen and oxygen atoms in total. The summed E-state index contributed by atoms with van der Waals surface area (Å²) in [6.07, 6.45) is 0. The third-order valence-electron chi connectivity index (χ3n) is 13.4. The van der Waals surface area contributed by atoms with Gasteiger partial charge in [-0.2, -0.15) is 10.5 Å². The maximum absolute atomic E-state index is 10.2. The molecule has 0 bridgehead atoms. The highest BCUT2D eigenvalue weighted by molar-refractivity contribution is 6.26. The fourth-order valence-corrected chi connectivity index (χ4v) is 10.5. The van der Waals surface area contributed by atoms with E-state index in [1.54, 1.807) is 0 Å². The number of nitriles is 2. The summed E-state index contributed by atoms with van der Waals surface area (Å²) in [6, 6.07) is 72.1. The smallest absolute Gasteiger partial charge is 0.148 e. The maximum Gasteiger partial charge on any atom is 0.148 e. The van der Waals surface area contributed by atoms with E-state index in [9.17, 15) is 10.5 Å². The normalized spacial score (nSPS) is 11.9. The lowest BCUT2D eigenvalue weighted by Gasteiger charge is -2.10. The van der Waals surface area contributed by atoms with Gasteiger partial charge in [-0.25, -0.2) is 9.97 Å². The van der Waals surface area contributed by atoms with Crippen LogP contribution >= 0.6 is 0 Å². The number of fused-ring (bicyclic) bond motifs is 19. The second kappa shape index (κ2) is 13.5. The van der Waals surface area contributed by atoms with Crippen LogP contribution in [-0.2, 0) is 0 Å². The van der Waals surface area contributed by atoms with Gasteiger partial charge in [-0.05, 0) is 126 Å². The molecule has 14 rings (SSSR count). The average molecular weight is 841 g/mol. The molecule has 304 valence electrons. The molecule has 5 aromatic heterocycles. The van der Waals surface area contributed by atoms with E-state index in [1.807, 2.05) is 54.6 Å². The van der Waals surface area contributed by atoms with E-state index in [2.05, 4.69) is 170 Å². The lowest BCUT2D eigenvalue weighted by Crippen LogP contribution is -1.96. The van der Waals surface area contributed by atoms with Crippen LogP contribution in [0.4, 0.5) is 0 Å². The zero-order chi connectivity index (χ0) is 43.6. The van der Waals surface area contributed by atoms with Crippen molar-refractivity contribution in [3.05, 3.63) is 205 Å². The number of aromatic nitrogens is 6. The molecule has 0 radical (unpaired) electrons. The molecule has 0 atom stereocenters. The summed E-state index contributed by atoms with van der Waals surface area (Å²) in [4.78, 5) is 10.8. The van der Waals surface area contributed by atoms with Crippen LogP contribution in [0.3, 0.4) is 0 Å². The highest BCUT2D eigenvalue weighted by atomic mass is 15.1. The summed E-state index contributed by atoms with van der Waals surface area (Å²) >= 11 is 0. The summed E-state index contributed by atoms with van der Waals surface area (Å²) in [5.41, 5.74) is 16.3. The van der Waals surface area contributed by atoms with Crippen LogP contribution in [0, 0.1) is 22.7 Å². The van der Waals surface area contributed by atoms with Gasteiger partial charge in [0.25, 0.3) is 0 Å². The lowest BCUT2D eigenvalue weighted by atomic mass is 9.99. The first-order valence-corrected chi connectivity index (χ1v) is 21.9. The number of benzene rings is 9. The second-order valence-electron chi connectivity index (χ2n) is 16.9. The van der Waals surface area contributed by atoms with Crippen molar-refractivity contribution in [2.45, 2.75) is 0 Å². The van der Waals surface area contributed by atoms with Crippen LogP contribution in [0.25, 0.3) is 121 Å².